The maximum atomic E-state index is 13.5. The van der Waals surface area contributed by atoms with E-state index < -0.39 is 0 Å². The fourth-order valence-corrected chi connectivity index (χ4v) is 5.17. The summed E-state index contributed by atoms with van der Waals surface area (Å²) in [5.74, 6) is 0.713. The molecule has 0 aromatic heterocycles. The number of likely N-dealkylation sites (tertiary alicyclic amines) is 1. The Labute approximate surface area is 156 Å². The van der Waals surface area contributed by atoms with Gasteiger partial charge in [0.05, 0.1) is 5.92 Å². The number of carbonyl (C=O) groups excluding carboxylic acids is 2. The lowest BCUT2D eigenvalue weighted by atomic mass is 9.77. The fraction of sp³-hybridized carbons (Fsp3) is 0.636. The van der Waals surface area contributed by atoms with Gasteiger partial charge >= 0.3 is 0 Å². The van der Waals surface area contributed by atoms with E-state index in [4.69, 9.17) is 0 Å². The number of hydrogen-bond acceptors (Lipinski definition) is 2. The van der Waals surface area contributed by atoms with Gasteiger partial charge in [-0.15, -0.1) is 0 Å². The molecule has 2 amide bonds. The average Bonchev–Trinajstić information content (AvgIpc) is 3.23. The summed E-state index contributed by atoms with van der Waals surface area (Å²) in [6.07, 6.45) is 5.84. The van der Waals surface area contributed by atoms with E-state index in [-0.39, 0.29) is 29.7 Å². The van der Waals surface area contributed by atoms with Gasteiger partial charge in [-0.1, -0.05) is 38.0 Å². The zero-order valence-corrected chi connectivity index (χ0v) is 16.0. The van der Waals surface area contributed by atoms with Gasteiger partial charge in [-0.05, 0) is 50.2 Å². The minimum Gasteiger partial charge on any atom is -0.342 e. The fourth-order valence-electron chi connectivity index (χ4n) is 5.17. The summed E-state index contributed by atoms with van der Waals surface area (Å²) in [5, 5.41) is 0. The van der Waals surface area contributed by atoms with Crippen molar-refractivity contribution in [2.24, 2.45) is 17.8 Å². The Morgan fingerprint density at radius 1 is 0.962 bits per heavy atom. The summed E-state index contributed by atoms with van der Waals surface area (Å²) in [5.41, 5.74) is 2.30. The van der Waals surface area contributed by atoms with Gasteiger partial charge in [0.2, 0.25) is 11.8 Å². The third kappa shape index (κ3) is 3.04. The standard InChI is InChI=1S/C22H30N2O2/c1-15-11-12-23(14-15)21(25)18-8-4-5-9-19(18)22(26)24-16(2)13-17-7-3-6-10-20(17)24/h3,6-7,10,15-16,18-19H,4-5,8-9,11-14H2,1-2H3. The maximum Gasteiger partial charge on any atom is 0.231 e. The Kier molecular flexibility index (Phi) is 4.76. The maximum absolute atomic E-state index is 13.5. The van der Waals surface area contributed by atoms with Crippen LogP contribution >= 0.6 is 0 Å². The average molecular weight is 354 g/mol. The van der Waals surface area contributed by atoms with Crippen LogP contribution in [0, 0.1) is 17.8 Å². The molecular weight excluding hydrogens is 324 g/mol. The number of amides is 2. The molecular formula is C22H30N2O2. The SMILES string of the molecule is CC1CCN(C(=O)C2CCCCC2C(=O)N2c3ccccc3CC2C)C1. The molecule has 4 unspecified atom stereocenters. The van der Waals surface area contributed by atoms with E-state index >= 15 is 0 Å². The molecule has 0 spiro atoms. The van der Waals surface area contributed by atoms with Gasteiger partial charge in [-0.25, -0.2) is 0 Å². The van der Waals surface area contributed by atoms with E-state index in [9.17, 15) is 9.59 Å². The van der Waals surface area contributed by atoms with Gasteiger partial charge in [0.25, 0.3) is 0 Å². The highest BCUT2D eigenvalue weighted by molar-refractivity contribution is 6.00. The van der Waals surface area contributed by atoms with Crippen molar-refractivity contribution in [2.75, 3.05) is 18.0 Å². The smallest absolute Gasteiger partial charge is 0.231 e. The minimum absolute atomic E-state index is 0.124. The Hall–Kier alpha value is -1.84. The molecule has 1 saturated carbocycles. The van der Waals surface area contributed by atoms with E-state index in [0.29, 0.717) is 5.92 Å². The second-order valence-electron chi connectivity index (χ2n) is 8.57. The third-order valence-electron chi connectivity index (χ3n) is 6.58. The highest BCUT2D eigenvalue weighted by Gasteiger charge is 2.43. The Morgan fingerprint density at radius 3 is 2.35 bits per heavy atom. The van der Waals surface area contributed by atoms with Gasteiger partial charge in [-0.3, -0.25) is 9.59 Å². The van der Waals surface area contributed by atoms with E-state index in [1.54, 1.807) is 0 Å². The number of para-hydroxylation sites is 1. The van der Waals surface area contributed by atoms with Crippen LogP contribution in [0.2, 0.25) is 0 Å². The molecule has 4 rings (SSSR count). The van der Waals surface area contributed by atoms with Crippen molar-refractivity contribution in [1.29, 1.82) is 0 Å². The third-order valence-corrected chi connectivity index (χ3v) is 6.58. The molecule has 1 saturated heterocycles. The van der Waals surface area contributed by atoms with Crippen molar-refractivity contribution < 1.29 is 9.59 Å². The molecule has 0 radical (unpaired) electrons. The molecule has 2 heterocycles. The van der Waals surface area contributed by atoms with Crippen LogP contribution in [-0.4, -0.2) is 35.8 Å². The molecule has 3 aliphatic rings. The number of nitrogens with zero attached hydrogens (tertiary/aromatic N) is 2. The van der Waals surface area contributed by atoms with E-state index in [0.717, 1.165) is 57.3 Å². The number of hydrogen-bond donors (Lipinski definition) is 0. The lowest BCUT2D eigenvalue weighted by Gasteiger charge is -2.36. The molecule has 4 nitrogen and oxygen atoms in total. The summed E-state index contributed by atoms with van der Waals surface area (Å²) in [7, 11) is 0. The molecule has 0 N–H and O–H groups in total. The number of benzene rings is 1. The molecule has 2 fully saturated rings. The van der Waals surface area contributed by atoms with Crippen molar-refractivity contribution in [3.63, 3.8) is 0 Å². The topological polar surface area (TPSA) is 40.6 Å². The summed E-state index contributed by atoms with van der Waals surface area (Å²) in [6.45, 7) is 6.05. The largest absolute Gasteiger partial charge is 0.342 e. The number of anilines is 1. The second kappa shape index (κ2) is 7.05. The number of rotatable bonds is 2. The Morgan fingerprint density at radius 2 is 1.65 bits per heavy atom. The van der Waals surface area contributed by atoms with Gasteiger partial charge < -0.3 is 9.80 Å². The van der Waals surface area contributed by atoms with Crippen molar-refractivity contribution in [3.8, 4) is 0 Å². The number of carbonyl (C=O) groups is 2. The van der Waals surface area contributed by atoms with E-state index in [1.165, 1.54) is 5.56 Å². The zero-order valence-electron chi connectivity index (χ0n) is 16.0. The first-order chi connectivity index (χ1) is 12.6. The van der Waals surface area contributed by atoms with Gasteiger partial charge in [0.1, 0.15) is 0 Å². The van der Waals surface area contributed by atoms with Crippen molar-refractivity contribution in [2.45, 2.75) is 58.4 Å². The van der Waals surface area contributed by atoms with Crippen LogP contribution in [0.5, 0.6) is 0 Å². The van der Waals surface area contributed by atoms with Crippen LogP contribution in [-0.2, 0) is 16.0 Å². The van der Waals surface area contributed by atoms with Gasteiger partial charge in [0, 0.05) is 30.7 Å². The molecule has 2 aliphatic heterocycles. The predicted molar refractivity (Wildman–Crippen MR) is 103 cm³/mol. The summed E-state index contributed by atoms with van der Waals surface area (Å²) < 4.78 is 0. The van der Waals surface area contributed by atoms with Crippen LogP contribution in [0.15, 0.2) is 24.3 Å². The molecule has 140 valence electrons. The predicted octanol–water partition coefficient (Wildman–Crippen LogP) is 3.64. The van der Waals surface area contributed by atoms with E-state index in [1.807, 2.05) is 21.9 Å². The lowest BCUT2D eigenvalue weighted by molar-refractivity contribution is -0.142. The van der Waals surface area contributed by atoms with Crippen LogP contribution in [0.25, 0.3) is 0 Å². The van der Waals surface area contributed by atoms with Crippen molar-refractivity contribution in [1.82, 2.24) is 4.90 Å². The van der Waals surface area contributed by atoms with E-state index in [2.05, 4.69) is 26.0 Å². The molecule has 4 atom stereocenters. The minimum atomic E-state index is -0.152. The summed E-state index contributed by atoms with van der Waals surface area (Å²) in [6, 6.07) is 8.41. The monoisotopic (exact) mass is 354 g/mol. The normalized spacial score (nSPS) is 31.2. The molecule has 26 heavy (non-hydrogen) atoms. The molecule has 0 bridgehead atoms. The second-order valence-corrected chi connectivity index (χ2v) is 8.57. The van der Waals surface area contributed by atoms with Crippen LogP contribution < -0.4 is 4.90 Å². The highest BCUT2D eigenvalue weighted by atomic mass is 16.2. The first-order valence-electron chi connectivity index (χ1n) is 10.3. The molecule has 1 aromatic carbocycles. The summed E-state index contributed by atoms with van der Waals surface area (Å²) in [4.78, 5) is 30.7. The van der Waals surface area contributed by atoms with Crippen LogP contribution in [0.4, 0.5) is 5.69 Å². The van der Waals surface area contributed by atoms with Crippen LogP contribution in [0.1, 0.15) is 51.5 Å². The first-order valence-corrected chi connectivity index (χ1v) is 10.3. The molecule has 1 aliphatic carbocycles. The van der Waals surface area contributed by atoms with Crippen molar-refractivity contribution in [3.05, 3.63) is 29.8 Å². The molecule has 1 aromatic rings. The van der Waals surface area contributed by atoms with Crippen molar-refractivity contribution >= 4 is 17.5 Å². The van der Waals surface area contributed by atoms with Gasteiger partial charge in [0.15, 0.2) is 0 Å². The molecule has 4 heteroatoms. The van der Waals surface area contributed by atoms with Gasteiger partial charge in [-0.2, -0.15) is 0 Å². The van der Waals surface area contributed by atoms with Crippen LogP contribution in [0.3, 0.4) is 0 Å². The highest BCUT2D eigenvalue weighted by Crippen LogP contribution is 2.39. The Bertz CT molecular complexity index is 701. The Balaban J connectivity index is 1.56. The number of fused-ring (bicyclic) bond motifs is 1. The first kappa shape index (κ1) is 17.6. The zero-order chi connectivity index (χ0) is 18.3. The lowest BCUT2D eigenvalue weighted by Crippen LogP contribution is -2.47. The quantitative estimate of drug-likeness (QED) is 0.813. The summed E-state index contributed by atoms with van der Waals surface area (Å²) >= 11 is 0.